The van der Waals surface area contributed by atoms with Gasteiger partial charge in [0.05, 0.1) is 17.5 Å². The highest BCUT2D eigenvalue weighted by Crippen LogP contribution is 2.29. The predicted octanol–water partition coefficient (Wildman–Crippen LogP) is 0.351. The summed E-state index contributed by atoms with van der Waals surface area (Å²) in [6.07, 6.45) is 4.93. The Morgan fingerprint density at radius 1 is 1.23 bits per heavy atom. The molecule has 0 saturated carbocycles. The van der Waals surface area contributed by atoms with Gasteiger partial charge < -0.3 is 10.6 Å². The van der Waals surface area contributed by atoms with Gasteiger partial charge in [0, 0.05) is 24.5 Å². The minimum atomic E-state index is -3.19. The molecule has 2 N–H and O–H groups in total. The standard InChI is InChI=1S/C16H24N4O4S2/c1-11(16-19-12-5-2-3-6-13(12)25-16)18-15(22)14(21)17-7-9-20-8-4-10-26(20,23)24/h11H,2-10H2,1H3,(H,17,21)(H,18,22). The van der Waals surface area contributed by atoms with E-state index in [1.165, 1.54) is 15.6 Å². The lowest BCUT2D eigenvalue weighted by atomic mass is 10.0. The predicted molar refractivity (Wildman–Crippen MR) is 98.3 cm³/mol. The van der Waals surface area contributed by atoms with Crippen LogP contribution in [0, 0.1) is 0 Å². The van der Waals surface area contributed by atoms with Crippen molar-refractivity contribution in [3.05, 3.63) is 15.6 Å². The summed E-state index contributed by atoms with van der Waals surface area (Å²) < 4.78 is 24.7. The van der Waals surface area contributed by atoms with Gasteiger partial charge in [-0.25, -0.2) is 17.7 Å². The van der Waals surface area contributed by atoms with Crippen LogP contribution in [0.15, 0.2) is 0 Å². The second kappa shape index (κ2) is 8.01. The molecule has 0 radical (unpaired) electrons. The Bertz CT molecular complexity index is 767. The number of rotatable bonds is 5. The largest absolute Gasteiger partial charge is 0.347 e. The maximum Gasteiger partial charge on any atom is 0.309 e. The molecule has 2 heterocycles. The number of thiazole rings is 1. The second-order valence-electron chi connectivity index (χ2n) is 6.65. The smallest absolute Gasteiger partial charge is 0.309 e. The molecule has 0 spiro atoms. The zero-order chi connectivity index (χ0) is 18.7. The van der Waals surface area contributed by atoms with E-state index in [-0.39, 0.29) is 24.9 Å². The van der Waals surface area contributed by atoms with Gasteiger partial charge in [-0.05, 0) is 39.0 Å². The first-order valence-electron chi connectivity index (χ1n) is 8.92. The Morgan fingerprint density at radius 3 is 2.69 bits per heavy atom. The van der Waals surface area contributed by atoms with E-state index in [0.29, 0.717) is 13.0 Å². The Balaban J connectivity index is 1.46. The molecule has 26 heavy (non-hydrogen) atoms. The molecule has 2 aliphatic rings. The number of aromatic nitrogens is 1. The minimum absolute atomic E-state index is 0.116. The van der Waals surface area contributed by atoms with Crippen LogP contribution in [0.25, 0.3) is 0 Å². The molecule has 1 unspecified atom stereocenters. The number of nitrogens with one attached hydrogen (secondary N) is 2. The third kappa shape index (κ3) is 4.41. The van der Waals surface area contributed by atoms with E-state index in [9.17, 15) is 18.0 Å². The van der Waals surface area contributed by atoms with Gasteiger partial charge >= 0.3 is 11.8 Å². The van der Waals surface area contributed by atoms with Crippen molar-refractivity contribution in [2.75, 3.05) is 25.4 Å². The fraction of sp³-hybridized carbons (Fsp3) is 0.688. The number of sulfonamides is 1. The van der Waals surface area contributed by atoms with Crippen LogP contribution in [-0.4, -0.2) is 54.9 Å². The van der Waals surface area contributed by atoms with Gasteiger partial charge in [-0.3, -0.25) is 9.59 Å². The average Bonchev–Trinajstić information content (AvgIpc) is 3.17. The Morgan fingerprint density at radius 2 is 2.00 bits per heavy atom. The van der Waals surface area contributed by atoms with Crippen LogP contribution in [-0.2, 0) is 32.5 Å². The molecule has 3 rings (SSSR count). The maximum atomic E-state index is 12.0. The van der Waals surface area contributed by atoms with Crippen molar-refractivity contribution in [2.45, 2.75) is 45.1 Å². The summed E-state index contributed by atoms with van der Waals surface area (Å²) in [5.41, 5.74) is 1.12. The number of amides is 2. The summed E-state index contributed by atoms with van der Waals surface area (Å²) in [6, 6.07) is -0.331. The zero-order valence-corrected chi connectivity index (χ0v) is 16.4. The first-order chi connectivity index (χ1) is 12.4. The summed E-state index contributed by atoms with van der Waals surface area (Å²) in [6.45, 7) is 2.59. The fourth-order valence-electron chi connectivity index (χ4n) is 3.20. The van der Waals surface area contributed by atoms with Gasteiger partial charge in [0.15, 0.2) is 0 Å². The molecule has 0 bridgehead atoms. The lowest BCUT2D eigenvalue weighted by Crippen LogP contribution is -2.43. The van der Waals surface area contributed by atoms with Crippen molar-refractivity contribution in [1.29, 1.82) is 0 Å². The van der Waals surface area contributed by atoms with Crippen LogP contribution in [0.5, 0.6) is 0 Å². The highest BCUT2D eigenvalue weighted by atomic mass is 32.2. The Hall–Kier alpha value is -1.52. The molecule has 1 atom stereocenters. The van der Waals surface area contributed by atoms with Gasteiger partial charge in [-0.1, -0.05) is 0 Å². The average molecular weight is 401 g/mol. The summed E-state index contributed by atoms with van der Waals surface area (Å²) in [5.74, 6) is -1.33. The lowest BCUT2D eigenvalue weighted by Gasteiger charge is -2.15. The van der Waals surface area contributed by atoms with E-state index in [1.807, 2.05) is 6.92 Å². The number of aryl methyl sites for hydroxylation is 2. The molecule has 0 aromatic carbocycles. The zero-order valence-electron chi connectivity index (χ0n) is 14.8. The number of carbonyl (C=O) groups excluding carboxylic acids is 2. The van der Waals surface area contributed by atoms with Gasteiger partial charge in [-0.2, -0.15) is 0 Å². The van der Waals surface area contributed by atoms with Crippen LogP contribution >= 0.6 is 11.3 Å². The summed E-state index contributed by atoms with van der Waals surface area (Å²) in [4.78, 5) is 29.9. The van der Waals surface area contributed by atoms with Crippen molar-refractivity contribution in [1.82, 2.24) is 19.9 Å². The quantitative estimate of drug-likeness (QED) is 0.694. The van der Waals surface area contributed by atoms with E-state index in [0.717, 1.165) is 30.0 Å². The molecule has 144 valence electrons. The van der Waals surface area contributed by atoms with Gasteiger partial charge in [0.25, 0.3) is 0 Å². The second-order valence-corrected chi connectivity index (χ2v) is 9.85. The van der Waals surface area contributed by atoms with Crippen molar-refractivity contribution in [3.63, 3.8) is 0 Å². The number of nitrogens with zero attached hydrogens (tertiary/aromatic N) is 2. The first-order valence-corrected chi connectivity index (χ1v) is 11.3. The minimum Gasteiger partial charge on any atom is -0.347 e. The molecular weight excluding hydrogens is 376 g/mol. The number of hydrogen-bond acceptors (Lipinski definition) is 6. The van der Waals surface area contributed by atoms with Crippen LogP contribution in [0.4, 0.5) is 0 Å². The van der Waals surface area contributed by atoms with E-state index in [4.69, 9.17) is 0 Å². The summed E-state index contributed by atoms with van der Waals surface area (Å²) in [7, 11) is -3.19. The monoisotopic (exact) mass is 400 g/mol. The van der Waals surface area contributed by atoms with E-state index < -0.39 is 21.8 Å². The normalized spacial score (nSPS) is 20.3. The van der Waals surface area contributed by atoms with E-state index in [2.05, 4.69) is 15.6 Å². The molecule has 2 amide bonds. The summed E-state index contributed by atoms with van der Waals surface area (Å²) >= 11 is 1.60. The molecule has 1 aromatic heterocycles. The lowest BCUT2D eigenvalue weighted by molar-refractivity contribution is -0.139. The van der Waals surface area contributed by atoms with Crippen LogP contribution in [0.3, 0.4) is 0 Å². The molecule has 1 saturated heterocycles. The van der Waals surface area contributed by atoms with Gasteiger partial charge in [0.1, 0.15) is 5.01 Å². The molecule has 1 aliphatic carbocycles. The number of hydrogen-bond donors (Lipinski definition) is 2. The van der Waals surface area contributed by atoms with Crippen LogP contribution in [0.1, 0.15) is 47.8 Å². The highest BCUT2D eigenvalue weighted by Gasteiger charge is 2.28. The number of fused-ring (bicyclic) bond motifs is 1. The van der Waals surface area contributed by atoms with Crippen molar-refractivity contribution < 1.29 is 18.0 Å². The fourth-order valence-corrected chi connectivity index (χ4v) is 5.88. The maximum absolute atomic E-state index is 12.0. The van der Waals surface area contributed by atoms with Crippen molar-refractivity contribution >= 4 is 33.2 Å². The summed E-state index contributed by atoms with van der Waals surface area (Å²) in [5, 5.41) is 5.96. The van der Waals surface area contributed by atoms with Crippen molar-refractivity contribution in [2.24, 2.45) is 0 Å². The molecule has 1 aromatic rings. The molecule has 10 heteroatoms. The molecule has 1 aliphatic heterocycles. The third-order valence-corrected chi connectivity index (χ3v) is 7.93. The highest BCUT2D eigenvalue weighted by molar-refractivity contribution is 7.89. The van der Waals surface area contributed by atoms with E-state index in [1.54, 1.807) is 11.3 Å². The number of carbonyl (C=O) groups is 2. The molecule has 1 fully saturated rings. The van der Waals surface area contributed by atoms with Gasteiger partial charge in [-0.15, -0.1) is 11.3 Å². The topological polar surface area (TPSA) is 108 Å². The van der Waals surface area contributed by atoms with Gasteiger partial charge in [0.2, 0.25) is 10.0 Å². The van der Waals surface area contributed by atoms with Crippen molar-refractivity contribution in [3.8, 4) is 0 Å². The first kappa shape index (κ1) is 19.2. The van der Waals surface area contributed by atoms with E-state index >= 15 is 0 Å². The Labute approximate surface area is 157 Å². The SMILES string of the molecule is CC(NC(=O)C(=O)NCCN1CCCS1(=O)=O)c1nc2c(s1)CCCC2. The third-order valence-electron chi connectivity index (χ3n) is 4.64. The van der Waals surface area contributed by atoms with Crippen LogP contribution in [0.2, 0.25) is 0 Å². The Kier molecular flexibility index (Phi) is 5.93. The molecular formula is C16H24N4O4S2. The molecule has 8 nitrogen and oxygen atoms in total. The van der Waals surface area contributed by atoms with Crippen LogP contribution < -0.4 is 10.6 Å².